The van der Waals surface area contributed by atoms with Gasteiger partial charge in [-0.3, -0.25) is 9.97 Å². The fourth-order valence-electron chi connectivity index (χ4n) is 1.48. The Hall–Kier alpha value is -2.42. The fourth-order valence-corrected chi connectivity index (χ4v) is 1.48. The number of benzene rings is 1. The second-order valence-corrected chi connectivity index (χ2v) is 3.84. The summed E-state index contributed by atoms with van der Waals surface area (Å²) >= 11 is 0. The van der Waals surface area contributed by atoms with Crippen LogP contribution in [0.1, 0.15) is 0 Å². The van der Waals surface area contributed by atoms with Gasteiger partial charge in [0.1, 0.15) is 7.85 Å². The molecule has 0 saturated carbocycles. The van der Waals surface area contributed by atoms with Gasteiger partial charge < -0.3 is 0 Å². The minimum absolute atomic E-state index is 0.822. The lowest BCUT2D eigenvalue weighted by Gasteiger charge is -1.96. The van der Waals surface area contributed by atoms with Crippen LogP contribution in [-0.4, -0.2) is 17.8 Å². The molecule has 2 nitrogen and oxygen atoms in total. The minimum atomic E-state index is 0.822. The highest BCUT2D eigenvalue weighted by Gasteiger charge is 1.95. The minimum Gasteiger partial charge on any atom is -0.255 e. The van der Waals surface area contributed by atoms with E-state index in [4.69, 9.17) is 7.85 Å². The van der Waals surface area contributed by atoms with E-state index < -0.39 is 0 Å². The van der Waals surface area contributed by atoms with Gasteiger partial charge in [-0.05, 0) is 24.3 Å². The first kappa shape index (κ1) is 13.0. The van der Waals surface area contributed by atoms with Gasteiger partial charge in [-0.2, -0.15) is 0 Å². The molecule has 0 aliphatic heterocycles. The zero-order chi connectivity index (χ0) is 13.3. The summed E-state index contributed by atoms with van der Waals surface area (Å²) in [4.78, 5) is 8.37. The molecule has 0 unspecified atom stereocenters. The van der Waals surface area contributed by atoms with Crippen LogP contribution in [0.5, 0.6) is 0 Å². The van der Waals surface area contributed by atoms with E-state index in [-0.39, 0.29) is 0 Å². The van der Waals surface area contributed by atoms with Crippen molar-refractivity contribution in [3.05, 3.63) is 79.1 Å². The Morgan fingerprint density at radius 2 is 1.05 bits per heavy atom. The fraction of sp³-hybridized carbons (Fsp3) is 0. The van der Waals surface area contributed by atoms with Crippen LogP contribution in [-0.2, 0) is 0 Å². The first-order chi connectivity index (χ1) is 9.36. The maximum Gasteiger partial charge on any atom is 0.113 e. The molecule has 0 spiro atoms. The molecule has 0 aliphatic carbocycles. The van der Waals surface area contributed by atoms with Crippen LogP contribution in [0.3, 0.4) is 0 Å². The van der Waals surface area contributed by atoms with Gasteiger partial charge in [0.25, 0.3) is 0 Å². The average molecular weight is 244 g/mol. The van der Waals surface area contributed by atoms with E-state index in [2.05, 4.69) is 9.97 Å². The lowest BCUT2D eigenvalue weighted by atomic mass is 9.97. The Morgan fingerprint density at radius 1 is 0.579 bits per heavy atom. The molecule has 0 N–H and O–H groups in total. The van der Waals surface area contributed by atoms with E-state index in [1.165, 1.54) is 0 Å². The van der Waals surface area contributed by atoms with Gasteiger partial charge in [-0.15, -0.1) is 0 Å². The largest absolute Gasteiger partial charge is 0.255 e. The smallest absolute Gasteiger partial charge is 0.113 e. The molecule has 90 valence electrons. The molecule has 0 atom stereocenters. The Labute approximate surface area is 114 Å². The molecular weight excluding hydrogens is 231 g/mol. The average Bonchev–Trinajstić information content (AvgIpc) is 2.51. The third-order valence-electron chi connectivity index (χ3n) is 2.39. The molecule has 3 aromatic rings. The predicted molar refractivity (Wildman–Crippen MR) is 79.3 cm³/mol. The van der Waals surface area contributed by atoms with Gasteiger partial charge in [-0.25, -0.2) is 0 Å². The van der Waals surface area contributed by atoms with Crippen molar-refractivity contribution in [2.45, 2.75) is 0 Å². The van der Waals surface area contributed by atoms with Gasteiger partial charge in [0.05, 0.1) is 11.4 Å². The Balaban J connectivity index is 0.000000163. The van der Waals surface area contributed by atoms with Crippen molar-refractivity contribution in [1.29, 1.82) is 0 Å². The standard InChI is InChI=1S/C10H8N2.C6H5B/c1-3-7-11-9(5-1)10-6-2-4-8-12-10;7-6-4-2-1-3-5-6/h1-8H;1-5H. The highest BCUT2D eigenvalue weighted by molar-refractivity contribution is 6.32. The predicted octanol–water partition coefficient (Wildman–Crippen LogP) is 2.62. The normalized spacial score (nSPS) is 9.26. The second kappa shape index (κ2) is 7.12. The molecule has 0 fully saturated rings. The summed E-state index contributed by atoms with van der Waals surface area (Å²) < 4.78 is 0. The summed E-state index contributed by atoms with van der Waals surface area (Å²) in [7, 11) is 5.36. The summed E-state index contributed by atoms with van der Waals surface area (Å²) in [6, 6.07) is 21.1. The van der Waals surface area contributed by atoms with Crippen LogP contribution in [0.4, 0.5) is 0 Å². The summed E-state index contributed by atoms with van der Waals surface area (Å²) in [6.45, 7) is 0. The van der Waals surface area contributed by atoms with Crippen LogP contribution < -0.4 is 5.46 Å². The van der Waals surface area contributed by atoms with Gasteiger partial charge in [0.2, 0.25) is 0 Å². The van der Waals surface area contributed by atoms with Crippen molar-refractivity contribution < 1.29 is 0 Å². The zero-order valence-corrected chi connectivity index (χ0v) is 10.5. The maximum atomic E-state index is 5.36. The maximum absolute atomic E-state index is 5.36. The molecule has 0 bridgehead atoms. The van der Waals surface area contributed by atoms with Crippen LogP contribution in [0.2, 0.25) is 0 Å². The van der Waals surface area contributed by atoms with E-state index >= 15 is 0 Å². The number of hydrogen-bond acceptors (Lipinski definition) is 2. The number of pyridine rings is 2. The first-order valence-corrected chi connectivity index (χ1v) is 5.99. The summed E-state index contributed by atoms with van der Waals surface area (Å²) in [5.41, 5.74) is 2.65. The quantitative estimate of drug-likeness (QED) is 0.615. The summed E-state index contributed by atoms with van der Waals surface area (Å²) in [5, 5.41) is 0. The molecule has 19 heavy (non-hydrogen) atoms. The topological polar surface area (TPSA) is 25.8 Å². The number of rotatable bonds is 1. The molecule has 2 aromatic heterocycles. The van der Waals surface area contributed by atoms with Crippen LogP contribution in [0.15, 0.2) is 79.1 Å². The molecule has 1 aromatic carbocycles. The van der Waals surface area contributed by atoms with E-state index in [9.17, 15) is 0 Å². The van der Waals surface area contributed by atoms with E-state index in [0.717, 1.165) is 16.9 Å². The monoisotopic (exact) mass is 244 g/mol. The molecule has 0 amide bonds. The van der Waals surface area contributed by atoms with Crippen molar-refractivity contribution in [3.8, 4) is 11.4 Å². The summed E-state index contributed by atoms with van der Waals surface area (Å²) in [6.07, 6.45) is 3.54. The molecule has 3 rings (SSSR count). The van der Waals surface area contributed by atoms with Crippen molar-refractivity contribution in [2.75, 3.05) is 0 Å². The van der Waals surface area contributed by atoms with Crippen molar-refractivity contribution >= 4 is 13.3 Å². The molecule has 0 saturated heterocycles. The van der Waals surface area contributed by atoms with Gasteiger partial charge in [-0.1, -0.05) is 47.9 Å². The second-order valence-electron chi connectivity index (χ2n) is 3.84. The molecule has 2 heterocycles. The summed E-state index contributed by atoms with van der Waals surface area (Å²) in [5.74, 6) is 0. The van der Waals surface area contributed by atoms with Crippen LogP contribution in [0.25, 0.3) is 11.4 Å². The number of nitrogens with zero attached hydrogens (tertiary/aromatic N) is 2. The zero-order valence-electron chi connectivity index (χ0n) is 10.5. The SMILES string of the molecule is [B]c1ccccc1.c1ccc(-c2ccccn2)nc1. The Bertz CT molecular complexity index is 545. The highest BCUT2D eigenvalue weighted by Crippen LogP contribution is 2.10. The lowest BCUT2D eigenvalue weighted by molar-refractivity contribution is 1.25. The van der Waals surface area contributed by atoms with E-state index in [0.29, 0.717) is 0 Å². The Kier molecular flexibility index (Phi) is 4.88. The molecule has 0 aliphatic rings. The van der Waals surface area contributed by atoms with Crippen LogP contribution >= 0.6 is 0 Å². The third-order valence-corrected chi connectivity index (χ3v) is 2.39. The van der Waals surface area contributed by atoms with Crippen molar-refractivity contribution in [1.82, 2.24) is 9.97 Å². The van der Waals surface area contributed by atoms with Crippen molar-refractivity contribution in [2.24, 2.45) is 0 Å². The van der Waals surface area contributed by atoms with E-state index in [1.54, 1.807) is 12.4 Å². The number of aromatic nitrogens is 2. The molecule has 2 radical (unpaired) electrons. The van der Waals surface area contributed by atoms with Gasteiger partial charge in [0.15, 0.2) is 0 Å². The Morgan fingerprint density at radius 3 is 1.37 bits per heavy atom. The van der Waals surface area contributed by atoms with Gasteiger partial charge >= 0.3 is 0 Å². The molecule has 3 heteroatoms. The van der Waals surface area contributed by atoms with Gasteiger partial charge in [0, 0.05) is 12.4 Å². The lowest BCUT2D eigenvalue weighted by Crippen LogP contribution is -1.97. The molecular formula is C16H13BN2. The third kappa shape index (κ3) is 4.39. The number of hydrogen-bond donors (Lipinski definition) is 0. The van der Waals surface area contributed by atoms with E-state index in [1.807, 2.05) is 66.7 Å². The first-order valence-electron chi connectivity index (χ1n) is 5.99. The van der Waals surface area contributed by atoms with Crippen molar-refractivity contribution in [3.63, 3.8) is 0 Å². The van der Waals surface area contributed by atoms with Crippen LogP contribution in [0, 0.1) is 0 Å². The highest BCUT2D eigenvalue weighted by atomic mass is 14.7.